The molecule has 1 aromatic carbocycles. The number of sulfone groups is 1. The van der Waals surface area contributed by atoms with Gasteiger partial charge in [0, 0.05) is 39.0 Å². The van der Waals surface area contributed by atoms with Crippen LogP contribution < -0.4 is 5.32 Å². The van der Waals surface area contributed by atoms with Gasteiger partial charge < -0.3 is 10.2 Å². The number of nitrogens with zero attached hydrogens (tertiary/aromatic N) is 3. The summed E-state index contributed by atoms with van der Waals surface area (Å²) in [6.07, 6.45) is 5.96. The first kappa shape index (κ1) is 19.2. The molecule has 2 heterocycles. The lowest BCUT2D eigenvalue weighted by molar-refractivity contribution is 0.249. The number of rotatable bonds is 5. The first-order valence-electron chi connectivity index (χ1n) is 9.46. The molecule has 0 radical (unpaired) electrons. The van der Waals surface area contributed by atoms with Crippen molar-refractivity contribution in [1.82, 2.24) is 15.1 Å². The molecule has 1 unspecified atom stereocenters. The van der Waals surface area contributed by atoms with Crippen molar-refractivity contribution in [2.24, 2.45) is 4.99 Å². The average molecular weight is 379 g/mol. The summed E-state index contributed by atoms with van der Waals surface area (Å²) in [5.41, 5.74) is 1.12. The standard InChI is InChI=1S/C19H30N4O2S/c1-20-19(23-14-10-17(15-23)22-12-3-4-13-22)21-11-9-16-5-7-18(8-6-16)26(2,24)25/h5-8,17H,3-4,9-15H2,1-2H3,(H,20,21). The van der Waals surface area contributed by atoms with Crippen LogP contribution in [0.1, 0.15) is 24.8 Å². The van der Waals surface area contributed by atoms with Crippen LogP contribution in [0.25, 0.3) is 0 Å². The van der Waals surface area contributed by atoms with E-state index < -0.39 is 9.84 Å². The van der Waals surface area contributed by atoms with Crippen molar-refractivity contribution in [3.63, 3.8) is 0 Å². The largest absolute Gasteiger partial charge is 0.356 e. The molecule has 6 nitrogen and oxygen atoms in total. The maximum Gasteiger partial charge on any atom is 0.193 e. The zero-order valence-corrected chi connectivity index (χ0v) is 16.6. The monoisotopic (exact) mass is 378 g/mol. The molecule has 2 fully saturated rings. The fourth-order valence-electron chi connectivity index (χ4n) is 3.89. The van der Waals surface area contributed by atoms with E-state index >= 15 is 0 Å². The van der Waals surface area contributed by atoms with Gasteiger partial charge in [-0.05, 0) is 56.5 Å². The van der Waals surface area contributed by atoms with E-state index in [-0.39, 0.29) is 0 Å². The molecule has 2 aliphatic heterocycles. The topological polar surface area (TPSA) is 65.0 Å². The molecule has 1 aromatic rings. The first-order chi connectivity index (χ1) is 12.5. The summed E-state index contributed by atoms with van der Waals surface area (Å²) in [5, 5.41) is 3.45. The van der Waals surface area contributed by atoms with E-state index in [1.807, 2.05) is 19.2 Å². The Kier molecular flexibility index (Phi) is 6.19. The molecule has 3 rings (SSSR count). The van der Waals surface area contributed by atoms with Gasteiger partial charge >= 0.3 is 0 Å². The van der Waals surface area contributed by atoms with E-state index in [1.54, 1.807) is 12.1 Å². The Hall–Kier alpha value is -1.60. The summed E-state index contributed by atoms with van der Waals surface area (Å²) in [6, 6.07) is 7.81. The number of hydrogen-bond donors (Lipinski definition) is 1. The van der Waals surface area contributed by atoms with E-state index in [0.29, 0.717) is 10.9 Å². The third-order valence-corrected chi connectivity index (χ3v) is 6.51. The van der Waals surface area contributed by atoms with Crippen LogP contribution in [0.2, 0.25) is 0 Å². The second-order valence-electron chi connectivity index (χ2n) is 7.27. The van der Waals surface area contributed by atoms with Crippen molar-refractivity contribution in [3.05, 3.63) is 29.8 Å². The highest BCUT2D eigenvalue weighted by Crippen LogP contribution is 2.20. The summed E-state index contributed by atoms with van der Waals surface area (Å²) in [4.78, 5) is 9.79. The zero-order chi connectivity index (χ0) is 18.6. The van der Waals surface area contributed by atoms with Gasteiger partial charge in [0.1, 0.15) is 0 Å². The molecule has 144 valence electrons. The van der Waals surface area contributed by atoms with Gasteiger partial charge in [-0.15, -0.1) is 0 Å². The molecular weight excluding hydrogens is 348 g/mol. The number of aliphatic imine (C=N–C) groups is 1. The van der Waals surface area contributed by atoms with Crippen LogP contribution in [0.4, 0.5) is 0 Å². The minimum absolute atomic E-state index is 0.370. The molecule has 7 heteroatoms. The van der Waals surface area contributed by atoms with Crippen LogP contribution in [0.3, 0.4) is 0 Å². The fraction of sp³-hybridized carbons (Fsp3) is 0.632. The Bertz CT molecular complexity index is 724. The number of benzene rings is 1. The van der Waals surface area contributed by atoms with Crippen molar-refractivity contribution < 1.29 is 8.42 Å². The minimum Gasteiger partial charge on any atom is -0.356 e. The van der Waals surface area contributed by atoms with Gasteiger partial charge in [0.2, 0.25) is 0 Å². The molecule has 26 heavy (non-hydrogen) atoms. The van der Waals surface area contributed by atoms with Crippen LogP contribution >= 0.6 is 0 Å². The molecule has 1 atom stereocenters. The van der Waals surface area contributed by atoms with Gasteiger partial charge in [-0.3, -0.25) is 9.89 Å². The first-order valence-corrected chi connectivity index (χ1v) is 11.3. The Morgan fingerprint density at radius 3 is 2.50 bits per heavy atom. The van der Waals surface area contributed by atoms with E-state index in [0.717, 1.165) is 37.6 Å². The van der Waals surface area contributed by atoms with Crippen LogP contribution in [0.5, 0.6) is 0 Å². The number of hydrogen-bond acceptors (Lipinski definition) is 4. The molecule has 2 aliphatic rings. The van der Waals surface area contributed by atoms with E-state index in [2.05, 4.69) is 20.1 Å². The van der Waals surface area contributed by atoms with Crippen molar-refractivity contribution in [1.29, 1.82) is 0 Å². The quantitative estimate of drug-likeness (QED) is 0.619. The van der Waals surface area contributed by atoms with Gasteiger partial charge in [-0.1, -0.05) is 12.1 Å². The number of nitrogens with one attached hydrogen (secondary N) is 1. The highest BCUT2D eigenvalue weighted by Gasteiger charge is 2.30. The average Bonchev–Trinajstić information content (AvgIpc) is 3.29. The highest BCUT2D eigenvalue weighted by atomic mass is 32.2. The lowest BCUT2D eigenvalue weighted by Gasteiger charge is -2.25. The Labute approximate surface area is 157 Å². The summed E-state index contributed by atoms with van der Waals surface area (Å²) >= 11 is 0. The van der Waals surface area contributed by atoms with Gasteiger partial charge in [-0.2, -0.15) is 0 Å². The maximum absolute atomic E-state index is 11.5. The lowest BCUT2D eigenvalue weighted by atomic mass is 10.1. The summed E-state index contributed by atoms with van der Waals surface area (Å²) < 4.78 is 23.0. The van der Waals surface area contributed by atoms with Gasteiger partial charge in [0.15, 0.2) is 15.8 Å². The predicted molar refractivity (Wildman–Crippen MR) is 105 cm³/mol. The van der Waals surface area contributed by atoms with Crippen LogP contribution in [-0.2, 0) is 16.3 Å². The van der Waals surface area contributed by atoms with Crippen LogP contribution in [0, 0.1) is 0 Å². The molecule has 0 saturated carbocycles. The summed E-state index contributed by atoms with van der Waals surface area (Å²) in [7, 11) is -1.29. The highest BCUT2D eigenvalue weighted by molar-refractivity contribution is 7.90. The fourth-order valence-corrected chi connectivity index (χ4v) is 4.52. The number of guanidine groups is 1. The molecular formula is C19H30N4O2S. The predicted octanol–water partition coefficient (Wildman–Crippen LogP) is 1.38. The van der Waals surface area contributed by atoms with Gasteiger partial charge in [0.05, 0.1) is 4.90 Å². The smallest absolute Gasteiger partial charge is 0.193 e. The van der Waals surface area contributed by atoms with Crippen LogP contribution in [-0.4, -0.2) is 76.2 Å². The molecule has 0 amide bonds. The summed E-state index contributed by atoms with van der Waals surface area (Å²) in [6.45, 7) is 5.39. The van der Waals surface area contributed by atoms with E-state index in [9.17, 15) is 8.42 Å². The minimum atomic E-state index is -3.13. The van der Waals surface area contributed by atoms with Crippen LogP contribution in [0.15, 0.2) is 34.2 Å². The second-order valence-corrected chi connectivity index (χ2v) is 9.29. The third kappa shape index (κ3) is 4.76. The van der Waals surface area contributed by atoms with Gasteiger partial charge in [-0.25, -0.2) is 8.42 Å². The van der Waals surface area contributed by atoms with E-state index in [1.165, 1.54) is 38.6 Å². The molecule has 0 bridgehead atoms. The molecule has 2 saturated heterocycles. The zero-order valence-electron chi connectivity index (χ0n) is 15.8. The second kappa shape index (κ2) is 8.39. The number of likely N-dealkylation sites (tertiary alicyclic amines) is 2. The Balaban J connectivity index is 1.47. The van der Waals surface area contributed by atoms with E-state index in [4.69, 9.17) is 0 Å². The normalized spacial score (nSPS) is 22.2. The molecule has 0 aliphatic carbocycles. The van der Waals surface area contributed by atoms with Crippen molar-refractivity contribution in [2.75, 3.05) is 46.0 Å². The molecule has 1 N–H and O–H groups in total. The third-order valence-electron chi connectivity index (χ3n) is 5.38. The van der Waals surface area contributed by atoms with Crippen molar-refractivity contribution in [2.45, 2.75) is 36.6 Å². The SMILES string of the molecule is CN=C(NCCc1ccc(S(C)(=O)=O)cc1)N1CCC(N2CCCC2)C1. The molecule has 0 aromatic heterocycles. The molecule has 0 spiro atoms. The lowest BCUT2D eigenvalue weighted by Crippen LogP contribution is -2.43. The Morgan fingerprint density at radius 2 is 1.88 bits per heavy atom. The Morgan fingerprint density at radius 1 is 1.19 bits per heavy atom. The maximum atomic E-state index is 11.5. The van der Waals surface area contributed by atoms with Crippen molar-refractivity contribution >= 4 is 15.8 Å². The summed E-state index contributed by atoms with van der Waals surface area (Å²) in [5.74, 6) is 0.972. The van der Waals surface area contributed by atoms with Crippen molar-refractivity contribution in [3.8, 4) is 0 Å². The van der Waals surface area contributed by atoms with Gasteiger partial charge in [0.25, 0.3) is 0 Å².